The number of carbonyl (C=O) groups is 1. The zero-order valence-corrected chi connectivity index (χ0v) is 19.5. The number of hydrogen-bond donors (Lipinski definition) is 0. The van der Waals surface area contributed by atoms with E-state index < -0.39 is 0 Å². The molecule has 0 bridgehead atoms. The minimum atomic E-state index is 0.141. The number of amides is 1. The molecule has 1 fully saturated rings. The number of allylic oxidation sites excluding steroid dienone is 1. The summed E-state index contributed by atoms with van der Waals surface area (Å²) < 4.78 is 1.98. The first-order chi connectivity index (χ1) is 15.1. The van der Waals surface area contributed by atoms with E-state index >= 15 is 0 Å². The maximum atomic E-state index is 12.8. The topological polar surface area (TPSA) is 54.3 Å². The normalized spacial score (nSPS) is 14.7. The van der Waals surface area contributed by atoms with Crippen LogP contribution in [0.2, 0.25) is 5.02 Å². The summed E-state index contributed by atoms with van der Waals surface area (Å²) in [5, 5.41) is 12.2. The number of halogens is 1. The molecule has 31 heavy (non-hydrogen) atoms. The van der Waals surface area contributed by atoms with Crippen molar-refractivity contribution in [1.29, 1.82) is 0 Å². The Morgan fingerprint density at radius 3 is 2.61 bits per heavy atom. The van der Waals surface area contributed by atoms with E-state index in [1.807, 2.05) is 39.8 Å². The third-order valence-corrected chi connectivity index (χ3v) is 7.20. The van der Waals surface area contributed by atoms with Crippen molar-refractivity contribution in [2.24, 2.45) is 0 Å². The number of thiophene rings is 1. The molecule has 1 aliphatic rings. The predicted octanol–water partition coefficient (Wildman–Crippen LogP) is 4.28. The molecule has 0 aliphatic carbocycles. The van der Waals surface area contributed by atoms with E-state index in [-0.39, 0.29) is 5.91 Å². The lowest BCUT2D eigenvalue weighted by Crippen LogP contribution is -2.48. The Labute approximate surface area is 195 Å². The molecule has 9 heteroatoms. The van der Waals surface area contributed by atoms with E-state index in [1.165, 1.54) is 16.6 Å². The summed E-state index contributed by atoms with van der Waals surface area (Å²) in [5.74, 6) is 1.23. The van der Waals surface area contributed by atoms with Gasteiger partial charge >= 0.3 is 0 Å². The second-order valence-corrected chi connectivity index (χ2v) is 9.65. The quantitative estimate of drug-likeness (QED) is 0.361. The summed E-state index contributed by atoms with van der Waals surface area (Å²) in [6, 6.07) is 11.7. The number of rotatable bonds is 8. The lowest BCUT2D eigenvalue weighted by atomic mass is 10.2. The van der Waals surface area contributed by atoms with Crippen LogP contribution in [0.15, 0.2) is 59.6 Å². The highest BCUT2D eigenvalue weighted by atomic mass is 35.5. The van der Waals surface area contributed by atoms with Crippen LogP contribution in [-0.2, 0) is 17.9 Å². The van der Waals surface area contributed by atoms with Gasteiger partial charge in [0.2, 0.25) is 5.91 Å². The van der Waals surface area contributed by atoms with Crippen molar-refractivity contribution in [2.45, 2.75) is 18.2 Å². The van der Waals surface area contributed by atoms with E-state index in [0.717, 1.165) is 49.3 Å². The number of hydrogen-bond acceptors (Lipinski definition) is 6. The van der Waals surface area contributed by atoms with Crippen LogP contribution in [0.1, 0.15) is 4.88 Å². The maximum absolute atomic E-state index is 12.8. The molecule has 0 spiro atoms. The summed E-state index contributed by atoms with van der Waals surface area (Å²) in [7, 11) is 0. The number of thioether (sulfide) groups is 1. The monoisotopic (exact) mass is 473 g/mol. The highest BCUT2D eigenvalue weighted by Crippen LogP contribution is 2.25. The molecule has 2 aromatic heterocycles. The van der Waals surface area contributed by atoms with Crippen molar-refractivity contribution in [1.82, 2.24) is 24.6 Å². The molecule has 0 radical (unpaired) electrons. The van der Waals surface area contributed by atoms with Crippen molar-refractivity contribution in [2.75, 3.05) is 31.9 Å². The second kappa shape index (κ2) is 10.5. The summed E-state index contributed by atoms with van der Waals surface area (Å²) in [5.41, 5.74) is 0.929. The fourth-order valence-corrected chi connectivity index (χ4v) is 5.22. The zero-order valence-electron chi connectivity index (χ0n) is 17.1. The van der Waals surface area contributed by atoms with Crippen molar-refractivity contribution >= 4 is 40.6 Å². The molecule has 0 atom stereocenters. The highest BCUT2D eigenvalue weighted by molar-refractivity contribution is 7.99. The number of piperazine rings is 1. The highest BCUT2D eigenvalue weighted by Gasteiger charge is 2.22. The Morgan fingerprint density at radius 1 is 1.16 bits per heavy atom. The van der Waals surface area contributed by atoms with Gasteiger partial charge in [-0.25, -0.2) is 0 Å². The third kappa shape index (κ3) is 5.57. The predicted molar refractivity (Wildman–Crippen MR) is 128 cm³/mol. The van der Waals surface area contributed by atoms with E-state index in [4.69, 9.17) is 11.6 Å². The average Bonchev–Trinajstić information content (AvgIpc) is 3.44. The van der Waals surface area contributed by atoms with Crippen LogP contribution in [0.5, 0.6) is 0 Å². The number of nitrogens with zero attached hydrogens (tertiary/aromatic N) is 5. The van der Waals surface area contributed by atoms with Crippen LogP contribution in [0.3, 0.4) is 0 Å². The third-order valence-electron chi connectivity index (χ3n) is 5.14. The largest absolute Gasteiger partial charge is 0.339 e. The molecule has 0 saturated carbocycles. The van der Waals surface area contributed by atoms with Gasteiger partial charge in [-0.1, -0.05) is 35.5 Å². The molecular formula is C22H24ClN5OS2. The van der Waals surface area contributed by atoms with Gasteiger partial charge in [-0.3, -0.25) is 14.3 Å². The van der Waals surface area contributed by atoms with Gasteiger partial charge in [-0.2, -0.15) is 0 Å². The molecule has 4 rings (SSSR count). The molecule has 1 aromatic carbocycles. The average molecular weight is 474 g/mol. The number of carbonyl (C=O) groups excluding carboxylic acids is 1. The van der Waals surface area contributed by atoms with E-state index in [9.17, 15) is 4.79 Å². The minimum Gasteiger partial charge on any atom is -0.339 e. The van der Waals surface area contributed by atoms with Crippen LogP contribution < -0.4 is 0 Å². The lowest BCUT2D eigenvalue weighted by Gasteiger charge is -2.34. The van der Waals surface area contributed by atoms with Gasteiger partial charge in [-0.05, 0) is 35.7 Å². The first kappa shape index (κ1) is 22.1. The van der Waals surface area contributed by atoms with Crippen molar-refractivity contribution in [3.63, 3.8) is 0 Å². The molecule has 0 N–H and O–H groups in total. The smallest absolute Gasteiger partial charge is 0.233 e. The van der Waals surface area contributed by atoms with Crippen LogP contribution >= 0.6 is 34.7 Å². The molecule has 3 heterocycles. The number of benzene rings is 1. The van der Waals surface area contributed by atoms with Gasteiger partial charge in [0.15, 0.2) is 11.0 Å². The first-order valence-electron chi connectivity index (χ1n) is 10.1. The second-order valence-electron chi connectivity index (χ2n) is 7.24. The Balaban J connectivity index is 1.34. The molecule has 6 nitrogen and oxygen atoms in total. The van der Waals surface area contributed by atoms with Crippen LogP contribution in [-0.4, -0.2) is 62.4 Å². The molecule has 3 aromatic rings. The Kier molecular flexibility index (Phi) is 7.45. The summed E-state index contributed by atoms with van der Waals surface area (Å²) >= 11 is 9.21. The standard InChI is InChI=1S/C22H24ClN5OS2/c1-2-9-28-21(17-5-7-18(23)8-6-17)24-25-22(28)31-16-20(29)27-12-10-26(11-13-27)15-19-4-3-14-30-19/h2-8,14H,1,9-13,15-16H2. The van der Waals surface area contributed by atoms with E-state index in [0.29, 0.717) is 17.3 Å². The Hall–Kier alpha value is -2.13. The molecule has 1 amide bonds. The van der Waals surface area contributed by atoms with Crippen LogP contribution in [0, 0.1) is 0 Å². The molecule has 1 saturated heterocycles. The fourth-order valence-electron chi connectivity index (χ4n) is 3.50. The van der Waals surface area contributed by atoms with Gasteiger partial charge in [0.05, 0.1) is 5.75 Å². The summed E-state index contributed by atoms with van der Waals surface area (Å²) in [4.78, 5) is 18.5. The molecule has 162 valence electrons. The van der Waals surface area contributed by atoms with E-state index in [1.54, 1.807) is 11.3 Å². The molecule has 0 unspecified atom stereocenters. The fraction of sp³-hybridized carbons (Fsp3) is 0.318. The van der Waals surface area contributed by atoms with Gasteiger partial charge in [0.25, 0.3) is 0 Å². The SMILES string of the molecule is C=CCn1c(SCC(=O)N2CCN(Cc3cccs3)CC2)nnc1-c1ccc(Cl)cc1. The van der Waals surface area contributed by atoms with E-state index in [2.05, 4.69) is 39.2 Å². The van der Waals surface area contributed by atoms with Gasteiger partial charge in [0.1, 0.15) is 0 Å². The zero-order chi connectivity index (χ0) is 21.6. The Morgan fingerprint density at radius 2 is 1.94 bits per heavy atom. The van der Waals surface area contributed by atoms with Gasteiger partial charge < -0.3 is 4.90 Å². The first-order valence-corrected chi connectivity index (χ1v) is 12.3. The molecular weight excluding hydrogens is 450 g/mol. The Bertz CT molecular complexity index is 1010. The summed E-state index contributed by atoms with van der Waals surface area (Å²) in [6.45, 7) is 8.72. The van der Waals surface area contributed by atoms with Gasteiger partial charge in [0, 0.05) is 54.7 Å². The number of aromatic nitrogens is 3. The molecule has 1 aliphatic heterocycles. The van der Waals surface area contributed by atoms with Crippen LogP contribution in [0.4, 0.5) is 0 Å². The minimum absolute atomic E-state index is 0.141. The van der Waals surface area contributed by atoms with Crippen molar-refractivity contribution < 1.29 is 4.79 Å². The van der Waals surface area contributed by atoms with Crippen molar-refractivity contribution in [3.8, 4) is 11.4 Å². The lowest BCUT2D eigenvalue weighted by molar-refractivity contribution is -0.130. The van der Waals surface area contributed by atoms with Gasteiger partial charge in [-0.15, -0.1) is 28.1 Å². The summed E-state index contributed by atoms with van der Waals surface area (Å²) in [6.07, 6.45) is 1.81. The maximum Gasteiger partial charge on any atom is 0.233 e. The van der Waals surface area contributed by atoms with Crippen LogP contribution in [0.25, 0.3) is 11.4 Å². The van der Waals surface area contributed by atoms with Crippen molar-refractivity contribution in [3.05, 3.63) is 64.3 Å².